The molecule has 1 aromatic heterocycles. The number of Topliss-reactive ketones (excluding diaryl/α,β-unsaturated/α-hetero) is 1. The third-order valence-electron chi connectivity index (χ3n) is 2.84. The Bertz CT molecular complexity index is 580. The van der Waals surface area contributed by atoms with Crippen LogP contribution in [0.2, 0.25) is 0 Å². The van der Waals surface area contributed by atoms with Gasteiger partial charge in [0.2, 0.25) is 11.8 Å². The Hall–Kier alpha value is -1.99. The number of hydrogen-bond acceptors (Lipinski definition) is 6. The summed E-state index contributed by atoms with van der Waals surface area (Å²) in [4.78, 5) is 10.8. The Morgan fingerprint density at radius 1 is 1.25 bits per heavy atom. The number of hydrogen-bond donors (Lipinski definition) is 2. The first-order valence-corrected chi connectivity index (χ1v) is 6.34. The highest BCUT2D eigenvalue weighted by Gasteiger charge is 2.12. The largest absolute Gasteiger partial charge is 0.488 e. The van der Waals surface area contributed by atoms with Crippen molar-refractivity contribution in [2.75, 3.05) is 0 Å². The molecule has 1 aromatic carbocycles. The molecule has 0 amide bonds. The van der Waals surface area contributed by atoms with Crippen LogP contribution in [0.25, 0.3) is 11.5 Å². The molecule has 0 aliphatic rings. The Kier molecular flexibility index (Phi) is 4.65. The summed E-state index contributed by atoms with van der Waals surface area (Å²) >= 11 is 0. The average Bonchev–Trinajstić information content (AvgIpc) is 2.87. The molecular weight excluding hydrogens is 259 g/mol. The van der Waals surface area contributed by atoms with Gasteiger partial charge in [0.1, 0.15) is 5.78 Å². The van der Waals surface area contributed by atoms with Crippen molar-refractivity contribution in [1.82, 2.24) is 10.2 Å². The van der Waals surface area contributed by atoms with E-state index >= 15 is 0 Å². The zero-order valence-electron chi connectivity index (χ0n) is 11.1. The summed E-state index contributed by atoms with van der Waals surface area (Å²) in [7, 11) is -1.49. The van der Waals surface area contributed by atoms with Crippen LogP contribution >= 0.6 is 0 Å². The van der Waals surface area contributed by atoms with Crippen LogP contribution in [0.1, 0.15) is 25.7 Å². The van der Waals surface area contributed by atoms with E-state index in [2.05, 4.69) is 10.2 Å². The summed E-state index contributed by atoms with van der Waals surface area (Å²) in [6, 6.07) is 6.53. The van der Waals surface area contributed by atoms with Gasteiger partial charge in [0.05, 0.1) is 0 Å². The van der Waals surface area contributed by atoms with E-state index in [9.17, 15) is 4.79 Å². The van der Waals surface area contributed by atoms with Gasteiger partial charge in [-0.3, -0.25) is 0 Å². The van der Waals surface area contributed by atoms with Crippen LogP contribution in [-0.2, 0) is 11.2 Å². The molecule has 20 heavy (non-hydrogen) atoms. The molecule has 1 heterocycles. The van der Waals surface area contributed by atoms with Crippen LogP contribution in [0, 0.1) is 0 Å². The summed E-state index contributed by atoms with van der Waals surface area (Å²) in [6.45, 7) is 1.55. The quantitative estimate of drug-likeness (QED) is 0.737. The second-order valence-electron chi connectivity index (χ2n) is 4.55. The minimum Gasteiger partial charge on any atom is -0.423 e. The SMILES string of the molecule is CC(=O)CCCc1nnc(-c2ccc(B(O)O)cc2)o1. The van der Waals surface area contributed by atoms with Gasteiger partial charge in [0, 0.05) is 18.4 Å². The van der Waals surface area contributed by atoms with Gasteiger partial charge in [0.25, 0.3) is 0 Å². The fourth-order valence-corrected chi connectivity index (χ4v) is 1.76. The molecular formula is C13H15BN2O4. The third-order valence-corrected chi connectivity index (χ3v) is 2.84. The zero-order valence-corrected chi connectivity index (χ0v) is 11.1. The zero-order chi connectivity index (χ0) is 14.5. The third kappa shape index (κ3) is 3.75. The molecule has 0 bridgehead atoms. The Morgan fingerprint density at radius 2 is 1.95 bits per heavy atom. The number of carbonyl (C=O) groups is 1. The van der Waals surface area contributed by atoms with Crippen molar-refractivity contribution >= 4 is 18.4 Å². The molecule has 2 rings (SSSR count). The van der Waals surface area contributed by atoms with Crippen molar-refractivity contribution in [3.8, 4) is 11.5 Å². The number of ketones is 1. The molecule has 2 N–H and O–H groups in total. The normalized spacial score (nSPS) is 10.6. The van der Waals surface area contributed by atoms with Crippen molar-refractivity contribution in [3.05, 3.63) is 30.2 Å². The lowest BCUT2D eigenvalue weighted by Crippen LogP contribution is -2.29. The lowest BCUT2D eigenvalue weighted by atomic mass is 9.80. The second kappa shape index (κ2) is 6.45. The summed E-state index contributed by atoms with van der Waals surface area (Å²) < 4.78 is 5.49. The van der Waals surface area contributed by atoms with Crippen molar-refractivity contribution in [1.29, 1.82) is 0 Å². The van der Waals surface area contributed by atoms with E-state index in [0.29, 0.717) is 42.1 Å². The number of carbonyl (C=O) groups excluding carboxylic acids is 1. The standard InChI is InChI=1S/C13H15BN2O4/c1-9(17)3-2-4-12-15-16-13(20-12)10-5-7-11(8-6-10)14(18)19/h5-8,18-19H,2-4H2,1H3. The highest BCUT2D eigenvalue weighted by molar-refractivity contribution is 6.58. The maximum absolute atomic E-state index is 10.8. The highest BCUT2D eigenvalue weighted by atomic mass is 16.4. The molecule has 0 spiro atoms. The Morgan fingerprint density at radius 3 is 2.55 bits per heavy atom. The first-order chi connectivity index (χ1) is 9.56. The highest BCUT2D eigenvalue weighted by Crippen LogP contribution is 2.17. The molecule has 0 unspecified atom stereocenters. The number of aryl methyl sites for hydroxylation is 1. The fraction of sp³-hybridized carbons (Fsp3) is 0.308. The molecule has 0 saturated heterocycles. The predicted molar refractivity (Wildman–Crippen MR) is 73.2 cm³/mol. The van der Waals surface area contributed by atoms with Crippen LogP contribution in [0.4, 0.5) is 0 Å². The topological polar surface area (TPSA) is 96.5 Å². The van der Waals surface area contributed by atoms with Crippen LogP contribution < -0.4 is 5.46 Å². The molecule has 0 atom stereocenters. The molecule has 104 valence electrons. The van der Waals surface area contributed by atoms with Crippen LogP contribution in [-0.4, -0.2) is 33.1 Å². The molecule has 6 nitrogen and oxygen atoms in total. The number of nitrogens with zero attached hydrogens (tertiary/aromatic N) is 2. The van der Waals surface area contributed by atoms with Crippen LogP contribution in [0.5, 0.6) is 0 Å². The number of rotatable bonds is 6. The van der Waals surface area contributed by atoms with E-state index < -0.39 is 7.12 Å². The first-order valence-electron chi connectivity index (χ1n) is 6.34. The summed E-state index contributed by atoms with van der Waals surface area (Å²) in [6.07, 6.45) is 1.76. The Balaban J connectivity index is 2.02. The second-order valence-corrected chi connectivity index (χ2v) is 4.55. The fourth-order valence-electron chi connectivity index (χ4n) is 1.76. The summed E-state index contributed by atoms with van der Waals surface area (Å²) in [5, 5.41) is 25.9. The van der Waals surface area contributed by atoms with Gasteiger partial charge in [-0.05, 0) is 30.9 Å². The van der Waals surface area contributed by atoms with Gasteiger partial charge in [-0.15, -0.1) is 10.2 Å². The molecule has 0 aliphatic carbocycles. The van der Waals surface area contributed by atoms with E-state index in [1.807, 2.05) is 0 Å². The van der Waals surface area contributed by atoms with E-state index in [-0.39, 0.29) is 5.78 Å². The van der Waals surface area contributed by atoms with E-state index in [0.717, 1.165) is 0 Å². The van der Waals surface area contributed by atoms with E-state index in [4.69, 9.17) is 14.5 Å². The minimum absolute atomic E-state index is 0.142. The summed E-state index contributed by atoms with van der Waals surface area (Å²) in [5.74, 6) is 1.01. The smallest absolute Gasteiger partial charge is 0.423 e. The van der Waals surface area contributed by atoms with Gasteiger partial charge in [-0.2, -0.15) is 0 Å². The number of benzene rings is 1. The molecule has 0 saturated carbocycles. The minimum atomic E-state index is -1.49. The lowest BCUT2D eigenvalue weighted by molar-refractivity contribution is -0.117. The van der Waals surface area contributed by atoms with E-state index in [1.165, 1.54) is 0 Å². The van der Waals surface area contributed by atoms with Crippen molar-refractivity contribution in [3.63, 3.8) is 0 Å². The van der Waals surface area contributed by atoms with Gasteiger partial charge in [0.15, 0.2) is 0 Å². The van der Waals surface area contributed by atoms with Gasteiger partial charge in [-0.1, -0.05) is 12.1 Å². The average molecular weight is 274 g/mol. The lowest BCUT2D eigenvalue weighted by Gasteiger charge is -1.99. The molecule has 7 heteroatoms. The van der Waals surface area contributed by atoms with Gasteiger partial charge < -0.3 is 19.3 Å². The Labute approximate surface area is 116 Å². The van der Waals surface area contributed by atoms with Gasteiger partial charge in [-0.25, -0.2) is 0 Å². The van der Waals surface area contributed by atoms with Crippen molar-refractivity contribution < 1.29 is 19.3 Å². The van der Waals surface area contributed by atoms with Crippen LogP contribution in [0.3, 0.4) is 0 Å². The predicted octanol–water partition coefficient (Wildman–Crippen LogP) is 0.328. The maximum atomic E-state index is 10.8. The molecule has 0 fully saturated rings. The summed E-state index contributed by atoms with van der Waals surface area (Å²) in [5.41, 5.74) is 1.11. The maximum Gasteiger partial charge on any atom is 0.488 e. The molecule has 2 aromatic rings. The molecule has 0 aliphatic heterocycles. The molecule has 0 radical (unpaired) electrons. The van der Waals surface area contributed by atoms with E-state index in [1.54, 1.807) is 31.2 Å². The first kappa shape index (κ1) is 14.4. The van der Waals surface area contributed by atoms with Crippen LogP contribution in [0.15, 0.2) is 28.7 Å². The monoisotopic (exact) mass is 274 g/mol. The van der Waals surface area contributed by atoms with Crippen molar-refractivity contribution in [2.45, 2.75) is 26.2 Å². The number of aromatic nitrogens is 2. The van der Waals surface area contributed by atoms with Gasteiger partial charge >= 0.3 is 7.12 Å². The van der Waals surface area contributed by atoms with Crippen molar-refractivity contribution in [2.24, 2.45) is 0 Å².